The van der Waals surface area contributed by atoms with Crippen molar-refractivity contribution in [2.24, 2.45) is 5.73 Å². The molecule has 0 aliphatic carbocycles. The van der Waals surface area contributed by atoms with Gasteiger partial charge in [-0.15, -0.1) is 0 Å². The highest BCUT2D eigenvalue weighted by Gasteiger charge is 2.31. The minimum absolute atomic E-state index is 0.192. The summed E-state index contributed by atoms with van der Waals surface area (Å²) in [5.74, 6) is 0.308. The number of rotatable bonds is 5. The van der Waals surface area contributed by atoms with Crippen LogP contribution in [0.2, 0.25) is 0 Å². The Balaban J connectivity index is 1.63. The number of nitrogens with zero attached hydrogens (tertiary/aromatic N) is 4. The summed E-state index contributed by atoms with van der Waals surface area (Å²) >= 11 is 0. The molecule has 2 heterocycles. The molecule has 0 atom stereocenters. The van der Waals surface area contributed by atoms with Crippen molar-refractivity contribution in [1.29, 1.82) is 0 Å². The molecule has 0 fully saturated rings. The number of fused-ring (bicyclic) bond motifs is 1. The number of carbonyl (C=O) groups is 1. The van der Waals surface area contributed by atoms with Crippen molar-refractivity contribution in [3.8, 4) is 28.1 Å². The van der Waals surface area contributed by atoms with E-state index in [-0.39, 0.29) is 5.56 Å². The zero-order valence-corrected chi connectivity index (χ0v) is 19.8. The maximum absolute atomic E-state index is 13.2. The third-order valence-corrected chi connectivity index (χ3v) is 6.17. The van der Waals surface area contributed by atoms with Crippen molar-refractivity contribution in [2.45, 2.75) is 13.1 Å². The number of alkyl halides is 3. The number of benzene rings is 3. The molecule has 0 radical (unpaired) electrons. The summed E-state index contributed by atoms with van der Waals surface area (Å²) in [6.45, 7) is 1.94. The van der Waals surface area contributed by atoms with E-state index in [1.807, 2.05) is 37.3 Å². The van der Waals surface area contributed by atoms with Gasteiger partial charge in [-0.2, -0.15) is 18.3 Å². The van der Waals surface area contributed by atoms with E-state index in [4.69, 9.17) is 5.73 Å². The summed E-state index contributed by atoms with van der Waals surface area (Å²) in [4.78, 5) is 20.5. The van der Waals surface area contributed by atoms with Gasteiger partial charge in [0.2, 0.25) is 5.91 Å². The van der Waals surface area contributed by atoms with Crippen LogP contribution in [0.1, 0.15) is 21.5 Å². The molecule has 3 aromatic carbocycles. The molecule has 1 amide bonds. The molecule has 0 saturated heterocycles. The van der Waals surface area contributed by atoms with Gasteiger partial charge >= 0.3 is 6.18 Å². The highest BCUT2D eigenvalue weighted by molar-refractivity contribution is 6.00. The number of aromatic nitrogens is 4. The molecular weight excluding hydrogens is 481 g/mol. The van der Waals surface area contributed by atoms with Crippen LogP contribution in [0.4, 0.5) is 19.0 Å². The van der Waals surface area contributed by atoms with Crippen LogP contribution in [-0.2, 0) is 6.18 Å². The van der Waals surface area contributed by atoms with Gasteiger partial charge in [0, 0.05) is 24.1 Å². The molecule has 186 valence electrons. The van der Waals surface area contributed by atoms with E-state index in [1.54, 1.807) is 30.1 Å². The van der Waals surface area contributed by atoms with Crippen LogP contribution in [0, 0.1) is 6.92 Å². The summed E-state index contributed by atoms with van der Waals surface area (Å²) in [5, 5.41) is 8.36. The summed E-state index contributed by atoms with van der Waals surface area (Å²) in [7, 11) is 1.77. The van der Waals surface area contributed by atoms with Crippen LogP contribution in [0.25, 0.3) is 39.0 Å². The number of nitrogens with one attached hydrogen (secondary N) is 1. The average molecular weight is 503 g/mol. The SMILES string of the molecule is CNc1cc(-n2ncc3ccc(-c4cc(-c5ccc(C(F)(F)F)cc5C(N)=O)ccc4C)cc32)ncn1. The van der Waals surface area contributed by atoms with E-state index in [0.29, 0.717) is 22.8 Å². The van der Waals surface area contributed by atoms with Gasteiger partial charge in [0.25, 0.3) is 0 Å². The molecule has 10 heteroatoms. The standard InChI is InChI=1S/C27H21F3N6O/c1-15-3-4-16(20-8-7-19(27(28,29)30)11-22(20)26(31)37)9-21(15)17-5-6-18-13-35-36(23(18)10-17)25-12-24(32-2)33-14-34-25/h3-14H,1-2H3,(H2,31,37)(H,32,33,34). The van der Waals surface area contributed by atoms with Crippen LogP contribution in [0.5, 0.6) is 0 Å². The molecule has 37 heavy (non-hydrogen) atoms. The van der Waals surface area contributed by atoms with E-state index in [9.17, 15) is 18.0 Å². The highest BCUT2D eigenvalue weighted by atomic mass is 19.4. The Morgan fingerprint density at radius 1 is 0.946 bits per heavy atom. The van der Waals surface area contributed by atoms with E-state index in [2.05, 4.69) is 20.4 Å². The van der Waals surface area contributed by atoms with Crippen molar-refractivity contribution >= 4 is 22.6 Å². The van der Waals surface area contributed by atoms with Gasteiger partial charge in [0.05, 0.1) is 17.3 Å². The Morgan fingerprint density at radius 3 is 2.43 bits per heavy atom. The number of primary amides is 1. The molecule has 0 saturated carbocycles. The molecule has 5 aromatic rings. The molecule has 5 rings (SSSR count). The fraction of sp³-hybridized carbons (Fsp3) is 0.111. The van der Waals surface area contributed by atoms with Crippen LogP contribution < -0.4 is 11.1 Å². The summed E-state index contributed by atoms with van der Waals surface area (Å²) in [6.07, 6.45) is -1.39. The Labute approximate surface area is 209 Å². The van der Waals surface area contributed by atoms with Gasteiger partial charge in [0.15, 0.2) is 5.82 Å². The first kappa shape index (κ1) is 24.0. The minimum atomic E-state index is -4.59. The molecule has 0 aliphatic rings. The Bertz CT molecular complexity index is 1660. The van der Waals surface area contributed by atoms with Crippen molar-refractivity contribution < 1.29 is 18.0 Å². The quantitative estimate of drug-likeness (QED) is 0.325. The smallest absolute Gasteiger partial charge is 0.373 e. The molecule has 7 nitrogen and oxygen atoms in total. The molecule has 0 aliphatic heterocycles. The Hall–Kier alpha value is -4.73. The Morgan fingerprint density at radius 2 is 1.70 bits per heavy atom. The van der Waals surface area contributed by atoms with Gasteiger partial charge in [-0.3, -0.25) is 4.79 Å². The van der Waals surface area contributed by atoms with Gasteiger partial charge < -0.3 is 11.1 Å². The lowest BCUT2D eigenvalue weighted by atomic mass is 9.92. The van der Waals surface area contributed by atoms with Crippen molar-refractivity contribution in [3.63, 3.8) is 0 Å². The van der Waals surface area contributed by atoms with Crippen molar-refractivity contribution in [2.75, 3.05) is 12.4 Å². The van der Waals surface area contributed by atoms with Crippen LogP contribution >= 0.6 is 0 Å². The summed E-state index contributed by atoms with van der Waals surface area (Å²) in [5.41, 5.74) is 8.71. The molecular formula is C27H21F3N6O. The first-order valence-corrected chi connectivity index (χ1v) is 11.3. The largest absolute Gasteiger partial charge is 0.416 e. The minimum Gasteiger partial charge on any atom is -0.373 e. The number of anilines is 1. The van der Waals surface area contributed by atoms with Gasteiger partial charge in [-0.25, -0.2) is 14.6 Å². The summed E-state index contributed by atoms with van der Waals surface area (Å²) < 4.78 is 41.4. The second-order valence-electron chi connectivity index (χ2n) is 8.49. The van der Waals surface area contributed by atoms with Crippen LogP contribution in [0.3, 0.4) is 0 Å². The highest BCUT2D eigenvalue weighted by Crippen LogP contribution is 2.36. The predicted octanol–water partition coefficient (Wildman–Crippen LogP) is 5.62. The summed E-state index contributed by atoms with van der Waals surface area (Å²) in [6, 6.07) is 16.1. The fourth-order valence-corrected chi connectivity index (χ4v) is 4.24. The third kappa shape index (κ3) is 4.49. The van der Waals surface area contributed by atoms with E-state index in [0.717, 1.165) is 39.7 Å². The molecule has 0 spiro atoms. The number of carbonyl (C=O) groups excluding carboxylic acids is 1. The zero-order valence-electron chi connectivity index (χ0n) is 19.8. The number of amides is 1. The first-order chi connectivity index (χ1) is 17.7. The fourth-order valence-electron chi connectivity index (χ4n) is 4.24. The van der Waals surface area contributed by atoms with Gasteiger partial charge in [0.1, 0.15) is 12.1 Å². The number of nitrogens with two attached hydrogens (primary N) is 1. The van der Waals surface area contributed by atoms with Crippen LogP contribution in [0.15, 0.2) is 73.2 Å². The van der Waals surface area contributed by atoms with E-state index in [1.165, 1.54) is 12.4 Å². The number of aryl methyl sites for hydroxylation is 1. The first-order valence-electron chi connectivity index (χ1n) is 11.3. The lowest BCUT2D eigenvalue weighted by molar-refractivity contribution is -0.137. The third-order valence-electron chi connectivity index (χ3n) is 6.17. The second kappa shape index (κ2) is 9.05. The maximum Gasteiger partial charge on any atom is 0.416 e. The normalized spacial score (nSPS) is 11.6. The number of hydrogen-bond donors (Lipinski definition) is 2. The average Bonchev–Trinajstić information content (AvgIpc) is 3.31. The van der Waals surface area contributed by atoms with Gasteiger partial charge in [-0.1, -0.05) is 30.3 Å². The molecule has 2 aromatic heterocycles. The lowest BCUT2D eigenvalue weighted by Gasteiger charge is -2.14. The monoisotopic (exact) mass is 502 g/mol. The van der Waals surface area contributed by atoms with Crippen molar-refractivity contribution in [1.82, 2.24) is 19.7 Å². The Kier molecular flexibility index (Phi) is 5.87. The van der Waals surface area contributed by atoms with Crippen molar-refractivity contribution in [3.05, 3.63) is 89.9 Å². The number of hydrogen-bond acceptors (Lipinski definition) is 5. The zero-order chi connectivity index (χ0) is 26.3. The topological polar surface area (TPSA) is 98.7 Å². The maximum atomic E-state index is 13.2. The van der Waals surface area contributed by atoms with E-state index < -0.39 is 17.6 Å². The lowest BCUT2D eigenvalue weighted by Crippen LogP contribution is -2.15. The number of halogens is 3. The van der Waals surface area contributed by atoms with E-state index >= 15 is 0 Å². The molecule has 0 unspecified atom stereocenters. The molecule has 3 N–H and O–H groups in total. The van der Waals surface area contributed by atoms with Crippen LogP contribution in [-0.4, -0.2) is 32.7 Å². The second-order valence-corrected chi connectivity index (χ2v) is 8.49. The van der Waals surface area contributed by atoms with Gasteiger partial charge in [-0.05, 0) is 59.0 Å². The molecule has 0 bridgehead atoms. The predicted molar refractivity (Wildman–Crippen MR) is 135 cm³/mol.